The van der Waals surface area contributed by atoms with E-state index in [2.05, 4.69) is 33.5 Å². The minimum atomic E-state index is -0.390. The van der Waals surface area contributed by atoms with Crippen LogP contribution in [0.4, 0.5) is 0 Å². The third kappa shape index (κ3) is 4.04. The predicted molar refractivity (Wildman–Crippen MR) is 85.8 cm³/mol. The normalized spacial score (nSPS) is 10.7. The van der Waals surface area contributed by atoms with Gasteiger partial charge in [0.15, 0.2) is 5.11 Å². The molecule has 102 valence electrons. The summed E-state index contributed by atoms with van der Waals surface area (Å²) in [4.78, 5) is 11.3. The van der Waals surface area contributed by atoms with Crippen LogP contribution >= 0.6 is 28.1 Å². The molecule has 0 aliphatic rings. The number of thiocarbonyl (C=S) groups is 1. The van der Waals surface area contributed by atoms with Crippen LogP contribution in [0.3, 0.4) is 0 Å². The Bertz CT molecular complexity index is 662. The molecule has 3 N–H and O–H groups in total. The average Bonchev–Trinajstić information content (AvgIpc) is 2.85. The smallest absolute Gasteiger partial charge is 0.250 e. The quantitative estimate of drug-likeness (QED) is 0.659. The van der Waals surface area contributed by atoms with Gasteiger partial charge in [-0.1, -0.05) is 28.1 Å². The number of benzene rings is 1. The Kier molecular flexibility index (Phi) is 4.70. The number of nitrogens with one attached hydrogen (secondary N) is 1. The Morgan fingerprint density at radius 3 is 2.60 bits per heavy atom. The summed E-state index contributed by atoms with van der Waals surface area (Å²) in [6.07, 6.45) is 2.86. The van der Waals surface area contributed by atoms with Gasteiger partial charge in [0, 0.05) is 16.1 Å². The SMILES string of the molecule is NC(=S)NC(=O)/C=C/c1ccc(-c2ccc(Br)cc2)o1. The van der Waals surface area contributed by atoms with Crippen molar-refractivity contribution < 1.29 is 9.21 Å². The molecule has 2 rings (SSSR count). The van der Waals surface area contributed by atoms with E-state index in [4.69, 9.17) is 10.2 Å². The number of hydrogen-bond donors (Lipinski definition) is 2. The van der Waals surface area contributed by atoms with Gasteiger partial charge in [0.25, 0.3) is 0 Å². The number of hydrogen-bond acceptors (Lipinski definition) is 3. The molecule has 0 bridgehead atoms. The molecular weight excluding hydrogens is 340 g/mol. The number of nitrogens with two attached hydrogens (primary N) is 1. The van der Waals surface area contributed by atoms with Gasteiger partial charge in [-0.2, -0.15) is 0 Å². The van der Waals surface area contributed by atoms with Gasteiger partial charge in [-0.05, 0) is 42.6 Å². The summed E-state index contributed by atoms with van der Waals surface area (Å²) in [5.74, 6) is 0.909. The molecule has 0 spiro atoms. The number of rotatable bonds is 3. The highest BCUT2D eigenvalue weighted by Gasteiger charge is 2.03. The van der Waals surface area contributed by atoms with Gasteiger partial charge in [-0.25, -0.2) is 0 Å². The van der Waals surface area contributed by atoms with E-state index in [0.29, 0.717) is 5.76 Å². The maximum Gasteiger partial charge on any atom is 0.250 e. The zero-order chi connectivity index (χ0) is 14.5. The predicted octanol–water partition coefficient (Wildman–Crippen LogP) is 3.08. The molecule has 0 radical (unpaired) electrons. The van der Waals surface area contributed by atoms with Gasteiger partial charge in [0.05, 0.1) is 0 Å². The first-order valence-electron chi connectivity index (χ1n) is 5.69. The molecule has 0 aliphatic carbocycles. The molecule has 0 saturated carbocycles. The lowest BCUT2D eigenvalue weighted by molar-refractivity contribution is -0.115. The van der Waals surface area contributed by atoms with Gasteiger partial charge < -0.3 is 10.2 Å². The average molecular weight is 351 g/mol. The zero-order valence-electron chi connectivity index (χ0n) is 10.3. The van der Waals surface area contributed by atoms with Crippen LogP contribution in [0.25, 0.3) is 17.4 Å². The molecule has 1 aromatic heterocycles. The van der Waals surface area contributed by atoms with Gasteiger partial charge in [0.2, 0.25) is 5.91 Å². The van der Waals surface area contributed by atoms with E-state index >= 15 is 0 Å². The first-order valence-corrected chi connectivity index (χ1v) is 6.89. The molecule has 6 heteroatoms. The topological polar surface area (TPSA) is 68.3 Å². The molecule has 0 atom stereocenters. The van der Waals surface area contributed by atoms with Gasteiger partial charge in [0.1, 0.15) is 11.5 Å². The van der Waals surface area contributed by atoms with Crippen molar-refractivity contribution >= 4 is 45.2 Å². The second-order valence-corrected chi connectivity index (χ2v) is 5.25. The van der Waals surface area contributed by atoms with Crippen molar-refractivity contribution in [2.75, 3.05) is 0 Å². The summed E-state index contributed by atoms with van der Waals surface area (Å²) in [5.41, 5.74) is 6.15. The van der Waals surface area contributed by atoms with Crippen molar-refractivity contribution in [3.8, 4) is 11.3 Å². The Labute approximate surface area is 129 Å². The van der Waals surface area contributed by atoms with E-state index in [1.807, 2.05) is 30.3 Å². The van der Waals surface area contributed by atoms with Crippen molar-refractivity contribution in [1.29, 1.82) is 0 Å². The second kappa shape index (κ2) is 6.49. The number of furan rings is 1. The Morgan fingerprint density at radius 2 is 1.95 bits per heavy atom. The van der Waals surface area contributed by atoms with Crippen molar-refractivity contribution in [3.63, 3.8) is 0 Å². The molecule has 0 unspecified atom stereocenters. The largest absolute Gasteiger partial charge is 0.457 e. The molecule has 4 nitrogen and oxygen atoms in total. The van der Waals surface area contributed by atoms with Crippen LogP contribution in [0.15, 0.2) is 51.4 Å². The fourth-order valence-corrected chi connectivity index (χ4v) is 1.90. The summed E-state index contributed by atoms with van der Waals surface area (Å²) in [6.45, 7) is 0. The molecule has 0 aliphatic heterocycles. The molecule has 1 amide bonds. The van der Waals surface area contributed by atoms with Crippen LogP contribution in [0.2, 0.25) is 0 Å². The van der Waals surface area contributed by atoms with Crippen LogP contribution in [-0.4, -0.2) is 11.0 Å². The summed E-state index contributed by atoms with van der Waals surface area (Å²) in [5, 5.41) is 2.23. The number of carbonyl (C=O) groups excluding carboxylic acids is 1. The standard InChI is InChI=1S/C14H11BrN2O2S/c15-10-3-1-9(2-4-10)12-7-5-11(19-12)6-8-13(18)17-14(16)20/h1-8H,(H3,16,17,18,20)/b8-6+. The summed E-state index contributed by atoms with van der Waals surface area (Å²) < 4.78 is 6.62. The Balaban J connectivity index is 2.09. The maximum absolute atomic E-state index is 11.3. The summed E-state index contributed by atoms with van der Waals surface area (Å²) in [6, 6.07) is 11.4. The molecule has 2 aromatic rings. The lowest BCUT2D eigenvalue weighted by Gasteiger charge is -1.97. The maximum atomic E-state index is 11.3. The van der Waals surface area contributed by atoms with E-state index in [1.165, 1.54) is 6.08 Å². The minimum absolute atomic E-state index is 0.0605. The Morgan fingerprint density at radius 1 is 1.25 bits per heavy atom. The first-order chi connectivity index (χ1) is 9.54. The highest BCUT2D eigenvalue weighted by molar-refractivity contribution is 9.10. The Hall–Kier alpha value is -1.92. The van der Waals surface area contributed by atoms with E-state index in [1.54, 1.807) is 12.1 Å². The monoisotopic (exact) mass is 350 g/mol. The highest BCUT2D eigenvalue weighted by atomic mass is 79.9. The van der Waals surface area contributed by atoms with E-state index in [-0.39, 0.29) is 11.0 Å². The lowest BCUT2D eigenvalue weighted by Crippen LogP contribution is -2.33. The number of halogens is 1. The molecule has 1 heterocycles. The third-order valence-corrected chi connectivity index (χ3v) is 3.03. The third-order valence-electron chi connectivity index (χ3n) is 2.40. The summed E-state index contributed by atoms with van der Waals surface area (Å²) >= 11 is 7.94. The summed E-state index contributed by atoms with van der Waals surface area (Å²) in [7, 11) is 0. The lowest BCUT2D eigenvalue weighted by atomic mass is 10.2. The molecule has 20 heavy (non-hydrogen) atoms. The van der Waals surface area contributed by atoms with Crippen LogP contribution in [-0.2, 0) is 4.79 Å². The van der Waals surface area contributed by atoms with Crippen molar-refractivity contribution in [2.45, 2.75) is 0 Å². The van der Waals surface area contributed by atoms with Gasteiger partial charge in [-0.15, -0.1) is 0 Å². The molecular formula is C14H11BrN2O2S. The van der Waals surface area contributed by atoms with E-state index < -0.39 is 0 Å². The van der Waals surface area contributed by atoms with Gasteiger partial charge in [-0.3, -0.25) is 10.1 Å². The zero-order valence-corrected chi connectivity index (χ0v) is 12.7. The number of carbonyl (C=O) groups is 1. The van der Waals surface area contributed by atoms with Crippen molar-refractivity contribution in [3.05, 3.63) is 52.7 Å². The van der Waals surface area contributed by atoms with Crippen LogP contribution in [0.5, 0.6) is 0 Å². The van der Waals surface area contributed by atoms with E-state index in [0.717, 1.165) is 15.8 Å². The van der Waals surface area contributed by atoms with Crippen LogP contribution in [0.1, 0.15) is 5.76 Å². The van der Waals surface area contributed by atoms with Crippen LogP contribution < -0.4 is 11.1 Å². The first kappa shape index (κ1) is 14.5. The minimum Gasteiger partial charge on any atom is -0.457 e. The van der Waals surface area contributed by atoms with Crippen LogP contribution in [0, 0.1) is 0 Å². The fourth-order valence-electron chi connectivity index (χ4n) is 1.53. The molecule has 0 fully saturated rings. The van der Waals surface area contributed by atoms with E-state index in [9.17, 15) is 4.79 Å². The van der Waals surface area contributed by atoms with Gasteiger partial charge >= 0.3 is 0 Å². The second-order valence-electron chi connectivity index (χ2n) is 3.90. The van der Waals surface area contributed by atoms with Crippen molar-refractivity contribution in [2.24, 2.45) is 5.73 Å². The number of amides is 1. The molecule has 0 saturated heterocycles. The fraction of sp³-hybridized carbons (Fsp3) is 0. The molecule has 1 aromatic carbocycles. The highest BCUT2D eigenvalue weighted by Crippen LogP contribution is 2.24. The van der Waals surface area contributed by atoms with Crippen molar-refractivity contribution in [1.82, 2.24) is 5.32 Å².